The fourth-order valence-electron chi connectivity index (χ4n) is 1.67. The monoisotopic (exact) mass is 438 g/mol. The summed E-state index contributed by atoms with van der Waals surface area (Å²) >= 11 is 0. The predicted molar refractivity (Wildman–Crippen MR) is 104 cm³/mol. The molecule has 1 aromatic heterocycles. The smallest absolute Gasteiger partial charge is 0.191 e. The molecule has 0 atom stereocenters. The first-order valence-electron chi connectivity index (χ1n) is 7.82. The molecule has 0 aromatic carbocycles. The second-order valence-electron chi connectivity index (χ2n) is 5.98. The van der Waals surface area contributed by atoms with E-state index in [4.69, 9.17) is 4.74 Å². The number of unbranched alkanes of at least 4 members (excludes halogenated alkanes) is 1. The lowest BCUT2D eigenvalue weighted by atomic mass is 10.1. The Hall–Kier alpha value is -0.900. The number of hydrogen-bond donors (Lipinski definition) is 2. The number of aryl methyl sites for hydroxylation is 1. The number of guanidine groups is 1. The van der Waals surface area contributed by atoms with Gasteiger partial charge in [0.05, 0.1) is 5.60 Å². The molecule has 1 heterocycles. The Kier molecular flexibility index (Phi) is 10.4. The fraction of sp³-hybridized carbons (Fsp3) is 0.800. The van der Waals surface area contributed by atoms with E-state index in [1.54, 1.807) is 7.11 Å². The molecule has 8 heteroatoms. The molecule has 0 radical (unpaired) electrons. The van der Waals surface area contributed by atoms with Crippen LogP contribution in [0.3, 0.4) is 0 Å². The van der Waals surface area contributed by atoms with Gasteiger partial charge in [0, 0.05) is 27.2 Å². The summed E-state index contributed by atoms with van der Waals surface area (Å²) < 4.78 is 7.38. The van der Waals surface area contributed by atoms with E-state index in [1.165, 1.54) is 0 Å². The number of aliphatic imine (C=N–C) groups is 1. The zero-order valence-corrected chi connectivity index (χ0v) is 17.5. The Balaban J connectivity index is 0.00000484. The molecule has 0 aliphatic rings. The van der Waals surface area contributed by atoms with E-state index in [0.29, 0.717) is 13.1 Å². The molecule has 23 heavy (non-hydrogen) atoms. The van der Waals surface area contributed by atoms with E-state index in [-0.39, 0.29) is 29.6 Å². The number of nitrogens with zero attached hydrogens (tertiary/aromatic N) is 4. The first-order chi connectivity index (χ1) is 10.4. The Morgan fingerprint density at radius 2 is 2.00 bits per heavy atom. The van der Waals surface area contributed by atoms with Crippen molar-refractivity contribution < 1.29 is 4.74 Å². The highest BCUT2D eigenvalue weighted by Crippen LogP contribution is 2.05. The van der Waals surface area contributed by atoms with Gasteiger partial charge in [-0.3, -0.25) is 0 Å². The topological polar surface area (TPSA) is 76.4 Å². The van der Waals surface area contributed by atoms with Crippen LogP contribution in [0.15, 0.2) is 4.99 Å². The minimum absolute atomic E-state index is 0. The molecule has 0 saturated carbocycles. The van der Waals surface area contributed by atoms with Crippen LogP contribution >= 0.6 is 24.0 Å². The van der Waals surface area contributed by atoms with Crippen molar-refractivity contribution in [2.75, 3.05) is 20.2 Å². The molecule has 1 aromatic rings. The maximum Gasteiger partial charge on any atom is 0.191 e. The van der Waals surface area contributed by atoms with Crippen molar-refractivity contribution in [3.8, 4) is 0 Å². The zero-order valence-electron chi connectivity index (χ0n) is 15.1. The van der Waals surface area contributed by atoms with Crippen molar-refractivity contribution in [3.63, 3.8) is 0 Å². The van der Waals surface area contributed by atoms with Crippen molar-refractivity contribution in [1.82, 2.24) is 25.4 Å². The summed E-state index contributed by atoms with van der Waals surface area (Å²) in [5.41, 5.74) is -0.241. The summed E-state index contributed by atoms with van der Waals surface area (Å²) in [5.74, 6) is 2.51. The third-order valence-electron chi connectivity index (χ3n) is 3.62. The number of halogens is 1. The van der Waals surface area contributed by atoms with E-state index in [2.05, 4.69) is 32.7 Å². The van der Waals surface area contributed by atoms with Crippen LogP contribution in [0.5, 0.6) is 0 Å². The Morgan fingerprint density at radius 3 is 2.52 bits per heavy atom. The Labute approximate surface area is 156 Å². The van der Waals surface area contributed by atoms with E-state index < -0.39 is 0 Å². The molecule has 0 saturated heterocycles. The predicted octanol–water partition coefficient (Wildman–Crippen LogP) is 2.00. The molecule has 0 unspecified atom stereocenters. The molecular formula is C15H31IN6O. The molecule has 7 nitrogen and oxygen atoms in total. The van der Waals surface area contributed by atoms with Crippen LogP contribution in [0.1, 0.15) is 45.3 Å². The lowest BCUT2D eigenvalue weighted by molar-refractivity contribution is 0.0268. The molecule has 0 fully saturated rings. The summed E-state index contributed by atoms with van der Waals surface area (Å²) in [4.78, 5) is 4.59. The van der Waals surface area contributed by atoms with Crippen molar-refractivity contribution in [1.29, 1.82) is 0 Å². The van der Waals surface area contributed by atoms with Gasteiger partial charge in [-0.05, 0) is 27.2 Å². The van der Waals surface area contributed by atoms with Crippen molar-refractivity contribution in [2.24, 2.45) is 12.0 Å². The molecular weight excluding hydrogens is 407 g/mol. The van der Waals surface area contributed by atoms with Gasteiger partial charge in [-0.2, -0.15) is 0 Å². The van der Waals surface area contributed by atoms with Crippen molar-refractivity contribution in [2.45, 2.75) is 52.7 Å². The zero-order chi connectivity index (χ0) is 16.6. The minimum Gasteiger partial charge on any atom is -0.377 e. The number of rotatable bonds is 8. The SMILES string of the molecule is CCCCNC(=NCc1nnc(C)n1C)NCC(C)(C)OC.I. The molecule has 0 spiro atoms. The first-order valence-corrected chi connectivity index (χ1v) is 7.82. The van der Waals surface area contributed by atoms with Gasteiger partial charge in [-0.25, -0.2) is 4.99 Å². The van der Waals surface area contributed by atoms with Crippen molar-refractivity contribution >= 4 is 29.9 Å². The number of hydrogen-bond acceptors (Lipinski definition) is 4. The van der Waals surface area contributed by atoms with Gasteiger partial charge in [-0.1, -0.05) is 13.3 Å². The maximum atomic E-state index is 5.43. The van der Waals surface area contributed by atoms with Gasteiger partial charge in [0.25, 0.3) is 0 Å². The summed E-state index contributed by atoms with van der Waals surface area (Å²) in [6.45, 7) is 10.2. The minimum atomic E-state index is -0.241. The lowest BCUT2D eigenvalue weighted by Gasteiger charge is -2.24. The third kappa shape index (κ3) is 7.96. The van der Waals surface area contributed by atoms with Crippen LogP contribution in [-0.4, -0.2) is 46.5 Å². The summed E-state index contributed by atoms with van der Waals surface area (Å²) in [7, 11) is 3.66. The fourth-order valence-corrected chi connectivity index (χ4v) is 1.67. The van der Waals surface area contributed by atoms with Gasteiger partial charge < -0.3 is 19.9 Å². The lowest BCUT2D eigenvalue weighted by Crippen LogP contribution is -2.45. The normalized spacial score (nSPS) is 12.0. The van der Waals surface area contributed by atoms with Crippen LogP contribution in [0.4, 0.5) is 0 Å². The largest absolute Gasteiger partial charge is 0.377 e. The van der Waals surface area contributed by atoms with Gasteiger partial charge in [0.2, 0.25) is 0 Å². The summed E-state index contributed by atoms with van der Waals surface area (Å²) in [5, 5.41) is 14.8. The van der Waals surface area contributed by atoms with Gasteiger partial charge in [0.15, 0.2) is 11.8 Å². The van der Waals surface area contributed by atoms with Crippen LogP contribution in [0, 0.1) is 6.92 Å². The van der Waals surface area contributed by atoms with Crippen LogP contribution in [0.25, 0.3) is 0 Å². The van der Waals surface area contributed by atoms with Crippen molar-refractivity contribution in [3.05, 3.63) is 11.6 Å². The van der Waals surface area contributed by atoms with E-state index >= 15 is 0 Å². The summed E-state index contributed by atoms with van der Waals surface area (Å²) in [6.07, 6.45) is 2.25. The second kappa shape index (κ2) is 10.8. The maximum absolute atomic E-state index is 5.43. The van der Waals surface area contributed by atoms with Crippen LogP contribution in [-0.2, 0) is 18.3 Å². The summed E-state index contributed by atoms with van der Waals surface area (Å²) in [6, 6.07) is 0. The molecule has 134 valence electrons. The highest BCUT2D eigenvalue weighted by Gasteiger charge is 2.16. The third-order valence-corrected chi connectivity index (χ3v) is 3.62. The standard InChI is InChI=1S/C15H30N6O.HI/c1-7-8-9-16-14(18-11-15(3,4)22-6)17-10-13-20-19-12(2)21(13)5;/h7-11H2,1-6H3,(H2,16,17,18);1H. The molecule has 1 rings (SSSR count). The number of nitrogens with one attached hydrogen (secondary N) is 2. The molecule has 0 amide bonds. The average molecular weight is 438 g/mol. The van der Waals surface area contributed by atoms with Crippen LogP contribution < -0.4 is 10.6 Å². The van der Waals surface area contributed by atoms with Crippen LogP contribution in [0.2, 0.25) is 0 Å². The molecule has 0 aliphatic heterocycles. The Morgan fingerprint density at radius 1 is 1.30 bits per heavy atom. The number of methoxy groups -OCH3 is 1. The number of ether oxygens (including phenoxy) is 1. The van der Waals surface area contributed by atoms with Gasteiger partial charge in [-0.15, -0.1) is 34.2 Å². The van der Waals surface area contributed by atoms with E-state index in [0.717, 1.165) is 37.0 Å². The van der Waals surface area contributed by atoms with Gasteiger partial charge >= 0.3 is 0 Å². The first kappa shape index (κ1) is 22.1. The average Bonchev–Trinajstić information content (AvgIpc) is 2.81. The molecule has 0 bridgehead atoms. The highest BCUT2D eigenvalue weighted by molar-refractivity contribution is 14.0. The molecule has 2 N–H and O–H groups in total. The highest BCUT2D eigenvalue weighted by atomic mass is 127. The quantitative estimate of drug-likeness (QED) is 0.281. The van der Waals surface area contributed by atoms with Gasteiger partial charge in [0.1, 0.15) is 12.4 Å². The number of aromatic nitrogens is 3. The molecule has 0 aliphatic carbocycles. The Bertz CT molecular complexity index is 486. The second-order valence-corrected chi connectivity index (χ2v) is 5.98. The van der Waals surface area contributed by atoms with E-state index in [1.807, 2.05) is 32.4 Å². The van der Waals surface area contributed by atoms with E-state index in [9.17, 15) is 0 Å².